The highest BCUT2D eigenvalue weighted by molar-refractivity contribution is 6.00. The van der Waals surface area contributed by atoms with Gasteiger partial charge in [0.25, 0.3) is 0 Å². The number of hydrogen-bond donors (Lipinski definition) is 1. The molecule has 108 valence electrons. The molecule has 4 nitrogen and oxygen atoms in total. The lowest BCUT2D eigenvalue weighted by Gasteiger charge is -2.47. The Hall–Kier alpha value is -1.06. The van der Waals surface area contributed by atoms with E-state index in [1.54, 1.807) is 0 Å². The Bertz CT molecular complexity index is 388. The number of carbonyl (C=O) groups excluding carboxylic acids is 2. The smallest absolute Gasteiger partial charge is 0.249 e. The van der Waals surface area contributed by atoms with Crippen molar-refractivity contribution in [3.8, 4) is 0 Å². The summed E-state index contributed by atoms with van der Waals surface area (Å²) < 4.78 is 0. The Morgan fingerprint density at radius 1 is 1.32 bits per heavy atom. The molecule has 1 N–H and O–H groups in total. The zero-order valence-corrected chi connectivity index (χ0v) is 12.7. The molecule has 4 heteroatoms. The van der Waals surface area contributed by atoms with Crippen molar-refractivity contribution >= 4 is 11.8 Å². The van der Waals surface area contributed by atoms with Crippen molar-refractivity contribution in [2.24, 2.45) is 11.8 Å². The van der Waals surface area contributed by atoms with Gasteiger partial charge < -0.3 is 10.2 Å². The number of amides is 2. The van der Waals surface area contributed by atoms with Crippen LogP contribution in [0.5, 0.6) is 0 Å². The maximum Gasteiger partial charge on any atom is 0.249 e. The molecule has 1 saturated heterocycles. The molecule has 0 spiro atoms. The monoisotopic (exact) mass is 266 g/mol. The van der Waals surface area contributed by atoms with E-state index in [1.165, 1.54) is 0 Å². The quantitative estimate of drug-likeness (QED) is 0.845. The summed E-state index contributed by atoms with van der Waals surface area (Å²) in [7, 11) is 0. The highest BCUT2D eigenvalue weighted by Crippen LogP contribution is 2.41. The molecule has 0 bridgehead atoms. The molecule has 1 saturated carbocycles. The van der Waals surface area contributed by atoms with Crippen molar-refractivity contribution in [1.82, 2.24) is 10.2 Å². The second-order valence-corrected chi connectivity index (χ2v) is 6.46. The minimum absolute atomic E-state index is 0.0254. The molecular formula is C15H26N2O2. The summed E-state index contributed by atoms with van der Waals surface area (Å²) >= 11 is 0. The number of nitrogens with one attached hydrogen (secondary N) is 1. The van der Waals surface area contributed by atoms with Crippen LogP contribution in [0.15, 0.2) is 0 Å². The highest BCUT2D eigenvalue weighted by atomic mass is 16.2. The van der Waals surface area contributed by atoms with E-state index in [-0.39, 0.29) is 29.8 Å². The summed E-state index contributed by atoms with van der Waals surface area (Å²) in [4.78, 5) is 27.3. The minimum Gasteiger partial charge on any atom is -0.340 e. The van der Waals surface area contributed by atoms with Gasteiger partial charge in [-0.1, -0.05) is 34.6 Å². The van der Waals surface area contributed by atoms with Gasteiger partial charge >= 0.3 is 0 Å². The van der Waals surface area contributed by atoms with Gasteiger partial charge in [0.2, 0.25) is 11.8 Å². The molecule has 2 amide bonds. The van der Waals surface area contributed by atoms with Crippen molar-refractivity contribution in [2.75, 3.05) is 0 Å². The van der Waals surface area contributed by atoms with E-state index in [4.69, 9.17) is 0 Å². The number of piperazine rings is 1. The molecule has 3 unspecified atom stereocenters. The van der Waals surface area contributed by atoms with E-state index >= 15 is 0 Å². The zero-order valence-electron chi connectivity index (χ0n) is 12.7. The zero-order chi connectivity index (χ0) is 14.4. The first-order valence-corrected chi connectivity index (χ1v) is 7.52. The largest absolute Gasteiger partial charge is 0.340 e. The Morgan fingerprint density at radius 2 is 1.84 bits per heavy atom. The molecule has 1 aliphatic heterocycles. The maximum atomic E-state index is 12.9. The summed E-state index contributed by atoms with van der Waals surface area (Å²) in [5, 5.41) is 3.01. The molecule has 2 rings (SSSR count). The van der Waals surface area contributed by atoms with Crippen LogP contribution >= 0.6 is 0 Å². The third kappa shape index (κ3) is 2.15. The number of hydrogen-bond acceptors (Lipinski definition) is 2. The lowest BCUT2D eigenvalue weighted by atomic mass is 9.84. The van der Waals surface area contributed by atoms with Crippen LogP contribution in [0.2, 0.25) is 0 Å². The second-order valence-electron chi connectivity index (χ2n) is 6.46. The van der Waals surface area contributed by atoms with Crippen LogP contribution < -0.4 is 5.32 Å². The van der Waals surface area contributed by atoms with Gasteiger partial charge in [-0.25, -0.2) is 0 Å². The summed E-state index contributed by atoms with van der Waals surface area (Å²) in [6.45, 7) is 10.1. The van der Waals surface area contributed by atoms with Gasteiger partial charge in [0.15, 0.2) is 0 Å². The maximum absolute atomic E-state index is 12.9. The van der Waals surface area contributed by atoms with E-state index in [2.05, 4.69) is 12.2 Å². The number of carbonyl (C=O) groups is 2. The first kappa shape index (κ1) is 14.4. The average molecular weight is 266 g/mol. The van der Waals surface area contributed by atoms with Crippen molar-refractivity contribution in [3.63, 3.8) is 0 Å². The minimum atomic E-state index is -0.676. The van der Waals surface area contributed by atoms with Gasteiger partial charge in [0, 0.05) is 6.04 Å². The van der Waals surface area contributed by atoms with Gasteiger partial charge in [-0.15, -0.1) is 0 Å². The van der Waals surface area contributed by atoms with Crippen LogP contribution in [0.25, 0.3) is 0 Å². The number of nitrogens with zero attached hydrogens (tertiary/aromatic N) is 1. The SMILES string of the molecule is CCC1(CC)NC(=O)C(C(C)C)N(C2CC2C)C1=O. The van der Waals surface area contributed by atoms with Gasteiger partial charge in [0.05, 0.1) is 0 Å². The summed E-state index contributed by atoms with van der Waals surface area (Å²) in [5.74, 6) is 0.841. The fraction of sp³-hybridized carbons (Fsp3) is 0.867. The van der Waals surface area contributed by atoms with E-state index in [9.17, 15) is 9.59 Å². The third-order valence-electron chi connectivity index (χ3n) is 4.84. The predicted octanol–water partition coefficient (Wildman–Crippen LogP) is 1.94. The fourth-order valence-corrected chi connectivity index (χ4v) is 3.26. The Kier molecular flexibility index (Phi) is 3.63. The lowest BCUT2D eigenvalue weighted by molar-refractivity contribution is -0.158. The van der Waals surface area contributed by atoms with Crippen LogP contribution in [-0.4, -0.2) is 34.3 Å². The summed E-state index contributed by atoms with van der Waals surface area (Å²) in [6.07, 6.45) is 2.36. The van der Waals surface area contributed by atoms with Gasteiger partial charge in [-0.3, -0.25) is 9.59 Å². The van der Waals surface area contributed by atoms with E-state index < -0.39 is 5.54 Å². The Morgan fingerprint density at radius 3 is 2.21 bits per heavy atom. The standard InChI is InChI=1S/C15H26N2O2/c1-6-15(7-2)14(19)17(11-8-10(11)5)12(9(3)4)13(18)16-15/h9-12H,6-8H2,1-5H3,(H,16,18). The molecule has 2 fully saturated rings. The first-order valence-electron chi connectivity index (χ1n) is 7.52. The molecule has 0 aromatic carbocycles. The van der Waals surface area contributed by atoms with Gasteiger partial charge in [0.1, 0.15) is 11.6 Å². The molecule has 0 radical (unpaired) electrons. The topological polar surface area (TPSA) is 49.4 Å². The van der Waals surface area contributed by atoms with Crippen molar-refractivity contribution in [1.29, 1.82) is 0 Å². The molecule has 1 aliphatic carbocycles. The van der Waals surface area contributed by atoms with E-state index in [0.29, 0.717) is 18.8 Å². The van der Waals surface area contributed by atoms with Crippen molar-refractivity contribution < 1.29 is 9.59 Å². The van der Waals surface area contributed by atoms with E-state index in [0.717, 1.165) is 6.42 Å². The van der Waals surface area contributed by atoms with Crippen LogP contribution in [0, 0.1) is 11.8 Å². The molecule has 0 aromatic rings. The molecule has 0 aromatic heterocycles. The van der Waals surface area contributed by atoms with Crippen LogP contribution in [0.1, 0.15) is 53.9 Å². The summed E-state index contributed by atoms with van der Waals surface area (Å²) in [6, 6.07) is -0.0305. The predicted molar refractivity (Wildman–Crippen MR) is 74.5 cm³/mol. The lowest BCUT2D eigenvalue weighted by Crippen LogP contribution is -2.71. The molecule has 1 heterocycles. The average Bonchev–Trinajstić information content (AvgIpc) is 3.07. The Balaban J connectivity index is 2.36. The first-order chi connectivity index (χ1) is 8.88. The van der Waals surface area contributed by atoms with Gasteiger partial charge in [-0.05, 0) is 31.1 Å². The van der Waals surface area contributed by atoms with Crippen LogP contribution in [0.3, 0.4) is 0 Å². The molecule has 2 aliphatic rings. The third-order valence-corrected chi connectivity index (χ3v) is 4.84. The molecule has 3 atom stereocenters. The second kappa shape index (κ2) is 4.80. The molecule has 19 heavy (non-hydrogen) atoms. The van der Waals surface area contributed by atoms with Crippen molar-refractivity contribution in [2.45, 2.75) is 71.5 Å². The van der Waals surface area contributed by atoms with Gasteiger partial charge in [-0.2, -0.15) is 0 Å². The fourth-order valence-electron chi connectivity index (χ4n) is 3.26. The van der Waals surface area contributed by atoms with Crippen LogP contribution in [-0.2, 0) is 9.59 Å². The summed E-state index contributed by atoms with van der Waals surface area (Å²) in [5.41, 5.74) is -0.676. The normalized spacial score (nSPS) is 33.6. The molecular weight excluding hydrogens is 240 g/mol. The highest BCUT2D eigenvalue weighted by Gasteiger charge is 2.55. The van der Waals surface area contributed by atoms with E-state index in [1.807, 2.05) is 32.6 Å². The van der Waals surface area contributed by atoms with Crippen molar-refractivity contribution in [3.05, 3.63) is 0 Å². The van der Waals surface area contributed by atoms with Crippen LogP contribution in [0.4, 0.5) is 0 Å². The number of rotatable bonds is 4. The Labute approximate surface area is 115 Å².